The van der Waals surface area contributed by atoms with Gasteiger partial charge in [-0.25, -0.2) is 0 Å². The summed E-state index contributed by atoms with van der Waals surface area (Å²) in [6.45, 7) is 8.39. The van der Waals surface area contributed by atoms with E-state index >= 15 is 0 Å². The average Bonchev–Trinajstić information content (AvgIpc) is 2.70. The lowest BCUT2D eigenvalue weighted by molar-refractivity contribution is 0.0963. The van der Waals surface area contributed by atoms with Crippen molar-refractivity contribution in [3.63, 3.8) is 0 Å². The SMILES string of the molecule is CN=C(NCCc1cccc(C(=O)NC)c1)NCC(C)N1CCN(C)CC1. The molecule has 1 unspecified atom stereocenters. The van der Waals surface area contributed by atoms with Crippen molar-refractivity contribution < 1.29 is 4.79 Å². The largest absolute Gasteiger partial charge is 0.356 e. The van der Waals surface area contributed by atoms with Gasteiger partial charge in [-0.2, -0.15) is 0 Å². The summed E-state index contributed by atoms with van der Waals surface area (Å²) in [5, 5.41) is 9.44. The number of hydrogen-bond acceptors (Lipinski definition) is 4. The Morgan fingerprint density at radius 3 is 2.63 bits per heavy atom. The Morgan fingerprint density at radius 1 is 1.22 bits per heavy atom. The van der Waals surface area contributed by atoms with Crippen molar-refractivity contribution in [2.24, 2.45) is 4.99 Å². The second-order valence-electron chi connectivity index (χ2n) is 7.10. The van der Waals surface area contributed by atoms with E-state index in [1.54, 1.807) is 14.1 Å². The molecule has 1 aliphatic heterocycles. The van der Waals surface area contributed by atoms with Crippen molar-refractivity contribution >= 4 is 11.9 Å². The van der Waals surface area contributed by atoms with Crippen molar-refractivity contribution in [3.05, 3.63) is 35.4 Å². The van der Waals surface area contributed by atoms with Crippen LogP contribution in [0.1, 0.15) is 22.8 Å². The molecule has 7 heteroatoms. The highest BCUT2D eigenvalue weighted by Gasteiger charge is 2.19. The van der Waals surface area contributed by atoms with Gasteiger partial charge in [0.15, 0.2) is 5.96 Å². The third-order valence-corrected chi connectivity index (χ3v) is 5.07. The summed E-state index contributed by atoms with van der Waals surface area (Å²) < 4.78 is 0. The summed E-state index contributed by atoms with van der Waals surface area (Å²) in [5.41, 5.74) is 1.82. The van der Waals surface area contributed by atoms with Gasteiger partial charge in [0.2, 0.25) is 0 Å². The van der Waals surface area contributed by atoms with Crippen molar-refractivity contribution in [3.8, 4) is 0 Å². The second-order valence-corrected chi connectivity index (χ2v) is 7.10. The zero-order chi connectivity index (χ0) is 19.6. The highest BCUT2D eigenvalue weighted by atomic mass is 16.1. The standard InChI is InChI=1S/C20H34N6O/c1-16(26-12-10-25(4)11-13-26)15-24-20(22-3)23-9-8-17-6-5-7-18(14-17)19(27)21-2/h5-7,14,16H,8-13,15H2,1-4H3,(H,21,27)(H2,22,23,24). The normalized spacial score (nSPS) is 17.4. The fourth-order valence-electron chi connectivity index (χ4n) is 3.19. The lowest BCUT2D eigenvalue weighted by atomic mass is 10.1. The van der Waals surface area contributed by atoms with Crippen molar-refractivity contribution in [2.75, 3.05) is 60.4 Å². The quantitative estimate of drug-likeness (QED) is 0.476. The summed E-state index contributed by atoms with van der Waals surface area (Å²) in [7, 11) is 5.62. The molecular formula is C20H34N6O. The number of nitrogens with one attached hydrogen (secondary N) is 3. The Bertz CT molecular complexity index is 625. The Labute approximate surface area is 163 Å². The van der Waals surface area contributed by atoms with Crippen LogP contribution in [0.3, 0.4) is 0 Å². The van der Waals surface area contributed by atoms with E-state index in [1.807, 2.05) is 24.3 Å². The minimum absolute atomic E-state index is 0.0554. The first-order valence-corrected chi connectivity index (χ1v) is 9.71. The molecule has 27 heavy (non-hydrogen) atoms. The molecule has 1 aliphatic rings. The van der Waals surface area contributed by atoms with E-state index in [1.165, 1.54) is 0 Å². The van der Waals surface area contributed by atoms with Gasteiger partial charge in [0.05, 0.1) is 0 Å². The molecule has 1 amide bonds. The smallest absolute Gasteiger partial charge is 0.251 e. The zero-order valence-corrected chi connectivity index (χ0v) is 17.1. The molecule has 1 fully saturated rings. The molecule has 0 radical (unpaired) electrons. The fraction of sp³-hybridized carbons (Fsp3) is 0.600. The zero-order valence-electron chi connectivity index (χ0n) is 17.1. The van der Waals surface area contributed by atoms with E-state index in [0.717, 1.165) is 57.2 Å². The molecular weight excluding hydrogens is 340 g/mol. The van der Waals surface area contributed by atoms with Crippen LogP contribution < -0.4 is 16.0 Å². The molecule has 2 rings (SSSR count). The summed E-state index contributed by atoms with van der Waals surface area (Å²) in [6, 6.07) is 8.20. The Kier molecular flexibility index (Phi) is 8.54. The van der Waals surface area contributed by atoms with Gasteiger partial charge in [0.25, 0.3) is 5.91 Å². The molecule has 0 spiro atoms. The minimum Gasteiger partial charge on any atom is -0.356 e. The maximum atomic E-state index is 11.7. The highest BCUT2D eigenvalue weighted by molar-refractivity contribution is 5.94. The molecule has 3 N–H and O–H groups in total. The Morgan fingerprint density at radius 2 is 1.96 bits per heavy atom. The summed E-state index contributed by atoms with van der Waals surface area (Å²) >= 11 is 0. The maximum absolute atomic E-state index is 11.7. The molecule has 1 aromatic carbocycles. The number of likely N-dealkylation sites (N-methyl/N-ethyl adjacent to an activating group) is 1. The molecule has 1 aromatic rings. The first kappa shape index (κ1) is 21.2. The Hall–Kier alpha value is -2.12. The third kappa shape index (κ3) is 6.84. The van der Waals surface area contributed by atoms with Crippen LogP contribution in [-0.4, -0.2) is 88.1 Å². The van der Waals surface area contributed by atoms with Gasteiger partial charge in [-0.05, 0) is 38.1 Å². The van der Waals surface area contributed by atoms with Crippen LogP contribution in [0.2, 0.25) is 0 Å². The lowest BCUT2D eigenvalue weighted by Crippen LogP contribution is -2.52. The molecule has 1 heterocycles. The van der Waals surface area contributed by atoms with Gasteiger partial charge < -0.3 is 20.9 Å². The third-order valence-electron chi connectivity index (χ3n) is 5.07. The van der Waals surface area contributed by atoms with E-state index in [0.29, 0.717) is 11.6 Å². The number of guanidine groups is 1. The minimum atomic E-state index is -0.0554. The van der Waals surface area contributed by atoms with Crippen molar-refractivity contribution in [1.82, 2.24) is 25.8 Å². The molecule has 0 aliphatic carbocycles. The molecule has 1 atom stereocenters. The molecule has 0 saturated carbocycles. The molecule has 1 saturated heterocycles. The first-order valence-electron chi connectivity index (χ1n) is 9.71. The predicted molar refractivity (Wildman–Crippen MR) is 111 cm³/mol. The number of amides is 1. The van der Waals surface area contributed by atoms with E-state index in [2.05, 4.69) is 44.7 Å². The van der Waals surface area contributed by atoms with Crippen molar-refractivity contribution in [1.29, 1.82) is 0 Å². The van der Waals surface area contributed by atoms with Crippen molar-refractivity contribution in [2.45, 2.75) is 19.4 Å². The van der Waals surface area contributed by atoms with E-state index in [-0.39, 0.29) is 5.91 Å². The van der Waals surface area contributed by atoms with Crippen LogP contribution in [0.4, 0.5) is 0 Å². The van der Waals surface area contributed by atoms with Gasteiger partial charge in [-0.1, -0.05) is 12.1 Å². The number of hydrogen-bond donors (Lipinski definition) is 3. The predicted octanol–water partition coefficient (Wildman–Crippen LogP) is 0.390. The number of aliphatic imine (C=N–C) groups is 1. The van der Waals surface area contributed by atoms with Crippen LogP contribution in [0.15, 0.2) is 29.3 Å². The second kappa shape index (κ2) is 10.9. The van der Waals surface area contributed by atoms with Gasteiger partial charge in [0, 0.05) is 65.0 Å². The number of carbonyl (C=O) groups excluding carboxylic acids is 1. The van der Waals surface area contributed by atoms with Crippen LogP contribution in [0, 0.1) is 0 Å². The number of rotatable bonds is 7. The Balaban J connectivity index is 1.73. The van der Waals surface area contributed by atoms with Crippen LogP contribution >= 0.6 is 0 Å². The monoisotopic (exact) mass is 374 g/mol. The van der Waals surface area contributed by atoms with Crippen LogP contribution in [-0.2, 0) is 6.42 Å². The summed E-state index contributed by atoms with van der Waals surface area (Å²) in [5.74, 6) is 0.763. The van der Waals surface area contributed by atoms with E-state index < -0.39 is 0 Å². The van der Waals surface area contributed by atoms with Crippen LogP contribution in [0.5, 0.6) is 0 Å². The molecule has 150 valence electrons. The average molecular weight is 375 g/mol. The first-order chi connectivity index (χ1) is 13.0. The number of carbonyl (C=O) groups is 1. The van der Waals surface area contributed by atoms with Gasteiger partial charge in [0.1, 0.15) is 0 Å². The summed E-state index contributed by atoms with van der Waals surface area (Å²) in [4.78, 5) is 20.9. The van der Waals surface area contributed by atoms with Gasteiger partial charge >= 0.3 is 0 Å². The number of nitrogens with zero attached hydrogens (tertiary/aromatic N) is 3. The maximum Gasteiger partial charge on any atom is 0.251 e. The fourth-order valence-corrected chi connectivity index (χ4v) is 3.19. The molecule has 0 aromatic heterocycles. The number of piperazine rings is 1. The number of benzene rings is 1. The lowest BCUT2D eigenvalue weighted by Gasteiger charge is -2.36. The van der Waals surface area contributed by atoms with E-state index in [9.17, 15) is 4.79 Å². The highest BCUT2D eigenvalue weighted by Crippen LogP contribution is 2.06. The topological polar surface area (TPSA) is 72.0 Å². The molecule has 0 bridgehead atoms. The van der Waals surface area contributed by atoms with E-state index in [4.69, 9.17) is 0 Å². The van der Waals surface area contributed by atoms with Gasteiger partial charge in [-0.3, -0.25) is 14.7 Å². The van der Waals surface area contributed by atoms with Crippen LogP contribution in [0.25, 0.3) is 0 Å². The molecule has 7 nitrogen and oxygen atoms in total. The summed E-state index contributed by atoms with van der Waals surface area (Å²) in [6.07, 6.45) is 0.833. The van der Waals surface area contributed by atoms with Gasteiger partial charge in [-0.15, -0.1) is 0 Å².